The number of hydrogen-bond donors (Lipinski definition) is 1. The lowest BCUT2D eigenvalue weighted by Crippen LogP contribution is -2.23. The molecule has 0 aromatic heterocycles. The monoisotopic (exact) mass is 255 g/mol. The molecule has 1 aromatic carbocycles. The summed E-state index contributed by atoms with van der Waals surface area (Å²) in [7, 11) is 0. The Bertz CT molecular complexity index is 376. The molecule has 1 unspecified atom stereocenters. The maximum absolute atomic E-state index is 13.9. The van der Waals surface area contributed by atoms with Crippen LogP contribution in [0.1, 0.15) is 44.2 Å². The summed E-state index contributed by atoms with van der Waals surface area (Å²) < 4.78 is 13.9. The minimum absolute atomic E-state index is 0.139. The first-order chi connectivity index (χ1) is 8.20. The van der Waals surface area contributed by atoms with E-state index in [-0.39, 0.29) is 11.9 Å². The van der Waals surface area contributed by atoms with Crippen molar-refractivity contribution in [3.63, 3.8) is 0 Å². The number of nitrogens with one attached hydrogen (secondary N) is 1. The molecule has 1 aliphatic carbocycles. The molecular weight excluding hydrogens is 237 g/mol. The van der Waals surface area contributed by atoms with Gasteiger partial charge in [-0.3, -0.25) is 0 Å². The van der Waals surface area contributed by atoms with Gasteiger partial charge in [-0.25, -0.2) is 4.39 Å². The highest BCUT2D eigenvalue weighted by Crippen LogP contribution is 2.38. The quantitative estimate of drug-likeness (QED) is 0.798. The number of hydrogen-bond acceptors (Lipinski definition) is 1. The Morgan fingerprint density at radius 2 is 2.24 bits per heavy atom. The summed E-state index contributed by atoms with van der Waals surface area (Å²) in [5.74, 6) is 0.589. The van der Waals surface area contributed by atoms with E-state index in [0.717, 1.165) is 30.9 Å². The lowest BCUT2D eigenvalue weighted by atomic mass is 10.0. The van der Waals surface area contributed by atoms with Crippen LogP contribution in [0, 0.1) is 11.7 Å². The molecule has 17 heavy (non-hydrogen) atoms. The van der Waals surface area contributed by atoms with Gasteiger partial charge < -0.3 is 5.32 Å². The Kier molecular flexibility index (Phi) is 4.41. The Balaban J connectivity index is 2.11. The highest BCUT2D eigenvalue weighted by Gasteiger charge is 2.27. The first kappa shape index (κ1) is 12.8. The third kappa shape index (κ3) is 3.68. The zero-order valence-electron chi connectivity index (χ0n) is 10.2. The second-order valence-corrected chi connectivity index (χ2v) is 5.29. The summed E-state index contributed by atoms with van der Waals surface area (Å²) in [6.45, 7) is 3.05. The fourth-order valence-corrected chi connectivity index (χ4v) is 2.27. The Hall–Kier alpha value is -0.600. The summed E-state index contributed by atoms with van der Waals surface area (Å²) in [5, 5.41) is 3.90. The predicted molar refractivity (Wildman–Crippen MR) is 69.8 cm³/mol. The molecular formula is C14H19ClFN. The van der Waals surface area contributed by atoms with Crippen LogP contribution in [0.15, 0.2) is 18.2 Å². The minimum atomic E-state index is -0.188. The van der Waals surface area contributed by atoms with E-state index in [1.165, 1.54) is 18.9 Å². The van der Waals surface area contributed by atoms with E-state index in [9.17, 15) is 4.39 Å². The largest absolute Gasteiger partial charge is 0.310 e. The molecule has 1 fully saturated rings. The predicted octanol–water partition coefficient (Wildman–Crippen LogP) is 4.32. The molecule has 0 radical (unpaired) electrons. The third-order valence-corrected chi connectivity index (χ3v) is 3.48. The van der Waals surface area contributed by atoms with Gasteiger partial charge in [0.15, 0.2) is 0 Å². The van der Waals surface area contributed by atoms with Gasteiger partial charge in [0.25, 0.3) is 0 Å². The van der Waals surface area contributed by atoms with Gasteiger partial charge in [0, 0.05) is 16.6 Å². The van der Waals surface area contributed by atoms with Crippen molar-refractivity contribution < 1.29 is 4.39 Å². The van der Waals surface area contributed by atoms with Crippen LogP contribution < -0.4 is 5.32 Å². The van der Waals surface area contributed by atoms with Crippen LogP contribution in [0.3, 0.4) is 0 Å². The standard InChI is InChI=1S/C14H19ClFN/c1-2-7-17-14(8-10-3-4-10)12-6-5-11(15)9-13(12)16/h5-6,9-10,14,17H,2-4,7-8H2,1H3. The SMILES string of the molecule is CCCNC(CC1CC1)c1ccc(Cl)cc1F. The van der Waals surface area contributed by atoms with Gasteiger partial charge in [-0.05, 0) is 37.4 Å². The summed E-state index contributed by atoms with van der Waals surface area (Å²) in [6, 6.07) is 5.13. The van der Waals surface area contributed by atoms with Crippen molar-refractivity contribution in [2.75, 3.05) is 6.54 Å². The van der Waals surface area contributed by atoms with Crippen LogP contribution >= 0.6 is 11.6 Å². The van der Waals surface area contributed by atoms with Crippen LogP contribution in [0.5, 0.6) is 0 Å². The maximum Gasteiger partial charge on any atom is 0.129 e. The van der Waals surface area contributed by atoms with Crippen molar-refractivity contribution in [3.8, 4) is 0 Å². The lowest BCUT2D eigenvalue weighted by molar-refractivity contribution is 0.453. The first-order valence-corrected chi connectivity index (χ1v) is 6.76. The van der Waals surface area contributed by atoms with E-state index in [1.54, 1.807) is 6.07 Å². The summed E-state index contributed by atoms with van der Waals surface area (Å²) in [4.78, 5) is 0. The minimum Gasteiger partial charge on any atom is -0.310 e. The fourth-order valence-electron chi connectivity index (χ4n) is 2.11. The van der Waals surface area contributed by atoms with Crippen molar-refractivity contribution in [3.05, 3.63) is 34.6 Å². The topological polar surface area (TPSA) is 12.0 Å². The van der Waals surface area contributed by atoms with Gasteiger partial charge >= 0.3 is 0 Å². The first-order valence-electron chi connectivity index (χ1n) is 6.39. The van der Waals surface area contributed by atoms with Crippen LogP contribution in [0.4, 0.5) is 4.39 Å². The fraction of sp³-hybridized carbons (Fsp3) is 0.571. The van der Waals surface area contributed by atoms with Gasteiger partial charge in [-0.15, -0.1) is 0 Å². The van der Waals surface area contributed by atoms with Crippen molar-refractivity contribution in [1.29, 1.82) is 0 Å². The van der Waals surface area contributed by atoms with E-state index in [2.05, 4.69) is 12.2 Å². The zero-order chi connectivity index (χ0) is 12.3. The van der Waals surface area contributed by atoms with Gasteiger partial charge in [0.2, 0.25) is 0 Å². The van der Waals surface area contributed by atoms with Crippen LogP contribution in [0.2, 0.25) is 5.02 Å². The molecule has 1 atom stereocenters. The molecule has 1 saturated carbocycles. The second kappa shape index (κ2) is 5.83. The Morgan fingerprint density at radius 3 is 2.82 bits per heavy atom. The third-order valence-electron chi connectivity index (χ3n) is 3.24. The molecule has 1 nitrogen and oxygen atoms in total. The lowest BCUT2D eigenvalue weighted by Gasteiger charge is -2.19. The molecule has 0 spiro atoms. The Labute approximate surface area is 107 Å². The second-order valence-electron chi connectivity index (χ2n) is 4.85. The molecule has 1 N–H and O–H groups in total. The van der Waals surface area contributed by atoms with E-state index in [1.807, 2.05) is 6.07 Å². The van der Waals surface area contributed by atoms with Crippen LogP contribution in [0.25, 0.3) is 0 Å². The van der Waals surface area contributed by atoms with Crippen molar-refractivity contribution in [1.82, 2.24) is 5.32 Å². The van der Waals surface area contributed by atoms with Gasteiger partial charge in [-0.1, -0.05) is 37.4 Å². The maximum atomic E-state index is 13.9. The molecule has 3 heteroatoms. The normalized spacial score (nSPS) is 17.1. The van der Waals surface area contributed by atoms with Crippen molar-refractivity contribution in [2.45, 2.75) is 38.6 Å². The molecule has 0 heterocycles. The van der Waals surface area contributed by atoms with Crippen LogP contribution in [-0.2, 0) is 0 Å². The summed E-state index contributed by atoms with van der Waals surface area (Å²) in [6.07, 6.45) is 4.69. The highest BCUT2D eigenvalue weighted by molar-refractivity contribution is 6.30. The van der Waals surface area contributed by atoms with Gasteiger partial charge in [-0.2, -0.15) is 0 Å². The van der Waals surface area contributed by atoms with E-state index in [4.69, 9.17) is 11.6 Å². The zero-order valence-corrected chi connectivity index (χ0v) is 10.9. The molecule has 1 aromatic rings. The van der Waals surface area contributed by atoms with Crippen molar-refractivity contribution in [2.24, 2.45) is 5.92 Å². The Morgan fingerprint density at radius 1 is 1.47 bits per heavy atom. The number of benzene rings is 1. The van der Waals surface area contributed by atoms with Crippen molar-refractivity contribution >= 4 is 11.6 Å². The average molecular weight is 256 g/mol. The molecule has 94 valence electrons. The van der Waals surface area contributed by atoms with E-state index < -0.39 is 0 Å². The molecule has 2 rings (SSSR count). The summed E-state index contributed by atoms with van der Waals surface area (Å²) in [5.41, 5.74) is 0.759. The van der Waals surface area contributed by atoms with Gasteiger partial charge in [0.1, 0.15) is 5.82 Å². The molecule has 0 amide bonds. The van der Waals surface area contributed by atoms with E-state index in [0.29, 0.717) is 5.02 Å². The number of halogens is 2. The molecule has 0 bridgehead atoms. The number of rotatable bonds is 6. The summed E-state index contributed by atoms with van der Waals surface area (Å²) >= 11 is 5.78. The highest BCUT2D eigenvalue weighted by atomic mass is 35.5. The molecule has 0 saturated heterocycles. The average Bonchev–Trinajstić information content (AvgIpc) is 3.08. The molecule has 0 aliphatic heterocycles. The smallest absolute Gasteiger partial charge is 0.129 e. The van der Waals surface area contributed by atoms with E-state index >= 15 is 0 Å². The molecule has 1 aliphatic rings. The van der Waals surface area contributed by atoms with Crippen LogP contribution in [-0.4, -0.2) is 6.54 Å². The van der Waals surface area contributed by atoms with Gasteiger partial charge in [0.05, 0.1) is 0 Å².